The second kappa shape index (κ2) is 6.30. The number of likely N-dealkylation sites (tertiary alicyclic amines) is 1. The Hall–Kier alpha value is -2.31. The summed E-state index contributed by atoms with van der Waals surface area (Å²) >= 11 is 0. The lowest BCUT2D eigenvalue weighted by Crippen LogP contribution is -2.42. The highest BCUT2D eigenvalue weighted by Crippen LogP contribution is 2.28. The van der Waals surface area contributed by atoms with Crippen LogP contribution in [0.2, 0.25) is 0 Å². The van der Waals surface area contributed by atoms with E-state index in [1.165, 1.54) is 0 Å². The normalized spacial score (nSPS) is 18.7. The molecule has 1 amide bonds. The van der Waals surface area contributed by atoms with Crippen molar-refractivity contribution >= 4 is 6.09 Å². The number of ether oxygens (including phenoxy) is 1. The summed E-state index contributed by atoms with van der Waals surface area (Å²) in [6.45, 7) is 8.66. The van der Waals surface area contributed by atoms with Crippen molar-refractivity contribution < 1.29 is 18.5 Å². The fourth-order valence-electron chi connectivity index (χ4n) is 2.73. The summed E-state index contributed by atoms with van der Waals surface area (Å²) in [6.07, 6.45) is 1.48. The molecule has 0 aliphatic carbocycles. The molecule has 7 nitrogen and oxygen atoms in total. The van der Waals surface area contributed by atoms with Gasteiger partial charge in [0.2, 0.25) is 11.7 Å². The average Bonchev–Trinajstić information content (AvgIpc) is 3.14. The van der Waals surface area contributed by atoms with Gasteiger partial charge in [0.25, 0.3) is 0 Å². The maximum absolute atomic E-state index is 12.2. The first kappa shape index (κ1) is 16.5. The van der Waals surface area contributed by atoms with Crippen LogP contribution in [0.1, 0.15) is 51.2 Å². The first-order valence-corrected chi connectivity index (χ1v) is 8.20. The molecule has 7 heteroatoms. The van der Waals surface area contributed by atoms with Gasteiger partial charge in [0, 0.05) is 13.1 Å². The van der Waals surface area contributed by atoms with Gasteiger partial charge in [0.05, 0.1) is 5.92 Å². The molecule has 1 aliphatic heterocycles. The van der Waals surface area contributed by atoms with Crippen LogP contribution < -0.4 is 0 Å². The Balaban J connectivity index is 1.69. The third kappa shape index (κ3) is 3.77. The number of nitrogens with zero attached hydrogens (tertiary/aromatic N) is 3. The molecule has 1 aliphatic rings. The van der Waals surface area contributed by atoms with Gasteiger partial charge in [-0.2, -0.15) is 4.98 Å². The molecule has 3 heterocycles. The number of amides is 1. The summed E-state index contributed by atoms with van der Waals surface area (Å²) in [5.41, 5.74) is -0.501. The molecule has 130 valence electrons. The molecule has 2 aromatic rings. The van der Waals surface area contributed by atoms with Crippen LogP contribution in [-0.4, -0.2) is 39.8 Å². The standard InChI is InChI=1S/C17H23N3O4/c1-11-7-8-13(22-11)14-18-15(24-19-14)12-6-5-9-20(10-12)16(21)23-17(2,3)4/h7-8,12H,5-6,9-10H2,1-4H3/t12-/m0/s1. The van der Waals surface area contributed by atoms with Gasteiger partial charge in [0.1, 0.15) is 11.4 Å². The Morgan fingerprint density at radius 3 is 2.83 bits per heavy atom. The minimum absolute atomic E-state index is 0.0172. The SMILES string of the molecule is Cc1ccc(-c2noc([C@H]3CCCN(C(=O)OC(C)(C)C)C3)n2)o1. The lowest BCUT2D eigenvalue weighted by molar-refractivity contribution is 0.0189. The Morgan fingerprint density at radius 1 is 1.38 bits per heavy atom. The molecule has 0 spiro atoms. The molecular weight excluding hydrogens is 310 g/mol. The van der Waals surface area contributed by atoms with Crippen molar-refractivity contribution in [2.45, 2.75) is 52.1 Å². The monoisotopic (exact) mass is 333 g/mol. The summed E-state index contributed by atoms with van der Waals surface area (Å²) in [5.74, 6) is 2.37. The van der Waals surface area contributed by atoms with Crippen LogP contribution in [0, 0.1) is 6.92 Å². The Kier molecular flexibility index (Phi) is 4.34. The van der Waals surface area contributed by atoms with Crippen LogP contribution in [0.5, 0.6) is 0 Å². The number of hydrogen-bond acceptors (Lipinski definition) is 6. The zero-order valence-electron chi connectivity index (χ0n) is 14.5. The van der Waals surface area contributed by atoms with E-state index in [-0.39, 0.29) is 12.0 Å². The molecule has 0 aromatic carbocycles. The van der Waals surface area contributed by atoms with Gasteiger partial charge in [0.15, 0.2) is 5.76 Å². The summed E-state index contributed by atoms with van der Waals surface area (Å²) in [6, 6.07) is 3.67. The lowest BCUT2D eigenvalue weighted by Gasteiger charge is -2.32. The molecule has 1 atom stereocenters. The number of rotatable bonds is 2. The minimum Gasteiger partial charge on any atom is -0.458 e. The van der Waals surface area contributed by atoms with E-state index >= 15 is 0 Å². The summed E-state index contributed by atoms with van der Waals surface area (Å²) in [5, 5.41) is 3.99. The molecule has 1 fully saturated rings. The number of piperidine rings is 1. The molecule has 0 bridgehead atoms. The van der Waals surface area contributed by atoms with Crippen LogP contribution in [0.25, 0.3) is 11.6 Å². The van der Waals surface area contributed by atoms with Gasteiger partial charge in [-0.25, -0.2) is 4.79 Å². The third-order valence-corrected chi connectivity index (χ3v) is 3.82. The van der Waals surface area contributed by atoms with E-state index in [0.717, 1.165) is 18.6 Å². The fourth-order valence-corrected chi connectivity index (χ4v) is 2.73. The van der Waals surface area contributed by atoms with Crippen molar-refractivity contribution in [2.75, 3.05) is 13.1 Å². The summed E-state index contributed by atoms with van der Waals surface area (Å²) < 4.78 is 16.4. The van der Waals surface area contributed by atoms with E-state index in [1.807, 2.05) is 39.8 Å². The number of hydrogen-bond donors (Lipinski definition) is 0. The van der Waals surface area contributed by atoms with E-state index in [2.05, 4.69) is 10.1 Å². The number of carbonyl (C=O) groups is 1. The molecule has 2 aromatic heterocycles. The van der Waals surface area contributed by atoms with Crippen molar-refractivity contribution in [1.29, 1.82) is 0 Å². The van der Waals surface area contributed by atoms with Crippen molar-refractivity contribution in [3.8, 4) is 11.6 Å². The van der Waals surface area contributed by atoms with Crippen molar-refractivity contribution in [3.63, 3.8) is 0 Å². The zero-order valence-corrected chi connectivity index (χ0v) is 14.5. The van der Waals surface area contributed by atoms with Crippen LogP contribution in [0.15, 0.2) is 21.1 Å². The lowest BCUT2D eigenvalue weighted by atomic mass is 9.98. The number of aromatic nitrogens is 2. The predicted molar refractivity (Wildman–Crippen MR) is 86.5 cm³/mol. The second-order valence-electron chi connectivity index (χ2n) is 7.13. The predicted octanol–water partition coefficient (Wildman–Crippen LogP) is 3.75. The van der Waals surface area contributed by atoms with Gasteiger partial charge < -0.3 is 18.6 Å². The zero-order chi connectivity index (χ0) is 17.3. The van der Waals surface area contributed by atoms with Gasteiger partial charge in [-0.1, -0.05) is 5.16 Å². The van der Waals surface area contributed by atoms with Gasteiger partial charge in [-0.15, -0.1) is 0 Å². The first-order chi connectivity index (χ1) is 11.3. The highest BCUT2D eigenvalue weighted by Gasteiger charge is 2.31. The summed E-state index contributed by atoms with van der Waals surface area (Å²) in [4.78, 5) is 18.4. The van der Waals surface area contributed by atoms with Crippen LogP contribution in [0.3, 0.4) is 0 Å². The van der Waals surface area contributed by atoms with Crippen molar-refractivity contribution in [3.05, 3.63) is 23.8 Å². The van der Waals surface area contributed by atoms with E-state index in [9.17, 15) is 4.79 Å². The van der Waals surface area contributed by atoms with Crippen LogP contribution in [-0.2, 0) is 4.74 Å². The highest BCUT2D eigenvalue weighted by atomic mass is 16.6. The quantitative estimate of drug-likeness (QED) is 0.832. The summed E-state index contributed by atoms with van der Waals surface area (Å²) in [7, 11) is 0. The number of furan rings is 1. The molecule has 1 saturated heterocycles. The maximum atomic E-state index is 12.2. The van der Waals surface area contributed by atoms with Crippen LogP contribution >= 0.6 is 0 Å². The van der Waals surface area contributed by atoms with Gasteiger partial charge in [-0.05, 0) is 52.7 Å². The van der Waals surface area contributed by atoms with E-state index in [1.54, 1.807) is 4.90 Å². The molecule has 0 N–H and O–H groups in total. The average molecular weight is 333 g/mol. The van der Waals surface area contributed by atoms with E-state index in [4.69, 9.17) is 13.7 Å². The number of aryl methyl sites for hydroxylation is 1. The largest absolute Gasteiger partial charge is 0.458 e. The molecule has 0 saturated carbocycles. The van der Waals surface area contributed by atoms with Gasteiger partial charge in [-0.3, -0.25) is 0 Å². The third-order valence-electron chi connectivity index (χ3n) is 3.82. The smallest absolute Gasteiger partial charge is 0.410 e. The topological polar surface area (TPSA) is 81.6 Å². The Bertz CT molecular complexity index is 713. The molecule has 0 radical (unpaired) electrons. The first-order valence-electron chi connectivity index (χ1n) is 8.20. The molecule has 3 rings (SSSR count). The van der Waals surface area contributed by atoms with Crippen molar-refractivity contribution in [2.24, 2.45) is 0 Å². The van der Waals surface area contributed by atoms with Crippen LogP contribution in [0.4, 0.5) is 4.79 Å². The van der Waals surface area contributed by atoms with E-state index < -0.39 is 5.60 Å². The van der Waals surface area contributed by atoms with E-state index in [0.29, 0.717) is 30.6 Å². The Morgan fingerprint density at radius 2 is 2.17 bits per heavy atom. The molecule has 24 heavy (non-hydrogen) atoms. The van der Waals surface area contributed by atoms with Gasteiger partial charge >= 0.3 is 6.09 Å². The second-order valence-corrected chi connectivity index (χ2v) is 7.13. The maximum Gasteiger partial charge on any atom is 0.410 e. The Labute approximate surface area is 141 Å². The minimum atomic E-state index is -0.501. The van der Waals surface area contributed by atoms with Crippen molar-refractivity contribution in [1.82, 2.24) is 15.0 Å². The molecular formula is C17H23N3O4. The molecule has 0 unspecified atom stereocenters. The number of carbonyl (C=O) groups excluding carboxylic acids is 1. The fraction of sp³-hybridized carbons (Fsp3) is 0.588. The highest BCUT2D eigenvalue weighted by molar-refractivity contribution is 5.68.